The number of ether oxygens (including phenoxy) is 1. The van der Waals surface area contributed by atoms with Crippen LogP contribution in [0.25, 0.3) is 23.2 Å². The van der Waals surface area contributed by atoms with Crippen molar-refractivity contribution in [3.05, 3.63) is 59.5 Å². The second-order valence-electron chi connectivity index (χ2n) is 4.84. The van der Waals surface area contributed by atoms with Crippen LogP contribution in [0.15, 0.2) is 42.6 Å². The van der Waals surface area contributed by atoms with Gasteiger partial charge in [0.05, 0.1) is 24.2 Å². The number of hydrogen-bond acceptors (Lipinski definition) is 3. The van der Waals surface area contributed by atoms with E-state index in [1.54, 1.807) is 41.4 Å². The maximum absolute atomic E-state index is 12.9. The molecule has 0 atom stereocenters. The summed E-state index contributed by atoms with van der Waals surface area (Å²) in [5.74, 6) is -1.08. The Morgan fingerprint density at radius 1 is 1.26 bits per heavy atom. The van der Waals surface area contributed by atoms with E-state index in [1.165, 1.54) is 25.3 Å². The fraction of sp³-hybridized carbons (Fsp3) is 0.0588. The van der Waals surface area contributed by atoms with Gasteiger partial charge in [0.2, 0.25) is 0 Å². The zero-order valence-corrected chi connectivity index (χ0v) is 12.2. The van der Waals surface area contributed by atoms with Gasteiger partial charge in [-0.15, -0.1) is 0 Å². The number of aromatic nitrogens is 2. The average Bonchev–Trinajstić information content (AvgIpc) is 2.96. The number of benzene rings is 2. The number of carboxylic acids is 1. The Balaban J connectivity index is 2.03. The fourth-order valence-corrected chi connectivity index (χ4v) is 2.33. The predicted octanol–water partition coefficient (Wildman–Crippen LogP) is 3.51. The molecule has 0 saturated heterocycles. The summed E-state index contributed by atoms with van der Waals surface area (Å²) in [4.78, 5) is 11.2. The summed E-state index contributed by atoms with van der Waals surface area (Å²) in [5.41, 5.74) is 1.62. The summed E-state index contributed by atoms with van der Waals surface area (Å²) in [6, 6.07) is 9.21. The third-order valence-corrected chi connectivity index (χ3v) is 3.44. The second kappa shape index (κ2) is 5.92. The van der Waals surface area contributed by atoms with Gasteiger partial charge in [-0.1, -0.05) is 12.1 Å². The maximum Gasteiger partial charge on any atom is 0.339 e. The van der Waals surface area contributed by atoms with Crippen LogP contribution in [0, 0.1) is 5.82 Å². The molecular weight excluding hydrogens is 299 g/mol. The van der Waals surface area contributed by atoms with Crippen molar-refractivity contribution in [2.75, 3.05) is 7.11 Å². The third kappa shape index (κ3) is 2.78. The monoisotopic (exact) mass is 312 g/mol. The van der Waals surface area contributed by atoms with Crippen molar-refractivity contribution < 1.29 is 19.0 Å². The summed E-state index contributed by atoms with van der Waals surface area (Å²) in [5, 5.41) is 14.0. The van der Waals surface area contributed by atoms with E-state index >= 15 is 0 Å². The lowest BCUT2D eigenvalue weighted by Crippen LogP contribution is -2.00. The van der Waals surface area contributed by atoms with Crippen molar-refractivity contribution in [2.24, 2.45) is 0 Å². The van der Waals surface area contributed by atoms with Crippen LogP contribution in [0.5, 0.6) is 5.75 Å². The molecule has 3 rings (SSSR count). The minimum atomic E-state index is -1.06. The number of nitrogens with zero attached hydrogens (tertiary/aromatic N) is 2. The SMILES string of the molecule is COc1c(C(=O)O)ccc2c1cnn2/C=C/c1ccc(F)cc1. The van der Waals surface area contributed by atoms with Crippen LogP contribution >= 0.6 is 0 Å². The quantitative estimate of drug-likeness (QED) is 0.800. The van der Waals surface area contributed by atoms with Crippen molar-refractivity contribution >= 4 is 29.1 Å². The van der Waals surface area contributed by atoms with E-state index in [-0.39, 0.29) is 17.1 Å². The van der Waals surface area contributed by atoms with Crippen molar-refractivity contribution in [3.63, 3.8) is 0 Å². The van der Waals surface area contributed by atoms with Crippen LogP contribution in [0.2, 0.25) is 0 Å². The average molecular weight is 312 g/mol. The van der Waals surface area contributed by atoms with Gasteiger partial charge in [-0.25, -0.2) is 13.9 Å². The Kier molecular flexibility index (Phi) is 3.80. The molecule has 0 aliphatic carbocycles. The van der Waals surface area contributed by atoms with Crippen LogP contribution in [-0.2, 0) is 0 Å². The van der Waals surface area contributed by atoms with Gasteiger partial charge in [-0.05, 0) is 35.9 Å². The molecule has 2 aromatic carbocycles. The molecule has 0 saturated carbocycles. The van der Waals surface area contributed by atoms with Gasteiger partial charge in [0, 0.05) is 6.20 Å². The minimum Gasteiger partial charge on any atom is -0.495 e. The highest BCUT2D eigenvalue weighted by atomic mass is 19.1. The molecule has 3 aromatic rings. The molecule has 0 fully saturated rings. The maximum atomic E-state index is 12.9. The molecule has 0 unspecified atom stereocenters. The Morgan fingerprint density at radius 3 is 2.65 bits per heavy atom. The van der Waals surface area contributed by atoms with Crippen LogP contribution in [0.1, 0.15) is 15.9 Å². The highest BCUT2D eigenvalue weighted by Gasteiger charge is 2.16. The van der Waals surface area contributed by atoms with E-state index in [0.29, 0.717) is 10.9 Å². The first kappa shape index (κ1) is 14.8. The van der Waals surface area contributed by atoms with Gasteiger partial charge in [0.15, 0.2) is 0 Å². The Morgan fingerprint density at radius 2 is 2.00 bits per heavy atom. The molecule has 0 aliphatic rings. The zero-order valence-electron chi connectivity index (χ0n) is 12.2. The third-order valence-electron chi connectivity index (χ3n) is 3.44. The standard InChI is InChI=1S/C17H13FN2O3/c1-23-16-13(17(21)22)6-7-15-14(16)10-19-20(15)9-8-11-2-4-12(18)5-3-11/h2-10H,1H3,(H,21,22)/b9-8+. The molecule has 6 heteroatoms. The van der Waals surface area contributed by atoms with Crippen LogP contribution in [-0.4, -0.2) is 28.0 Å². The van der Waals surface area contributed by atoms with E-state index in [0.717, 1.165) is 5.56 Å². The molecule has 1 N–H and O–H groups in total. The van der Waals surface area contributed by atoms with Gasteiger partial charge < -0.3 is 9.84 Å². The lowest BCUT2D eigenvalue weighted by atomic mass is 10.1. The molecule has 0 radical (unpaired) electrons. The first-order valence-corrected chi connectivity index (χ1v) is 6.81. The van der Waals surface area contributed by atoms with Gasteiger partial charge in [0.25, 0.3) is 0 Å². The summed E-state index contributed by atoms with van der Waals surface area (Å²) < 4.78 is 19.7. The summed E-state index contributed by atoms with van der Waals surface area (Å²) in [6.45, 7) is 0. The van der Waals surface area contributed by atoms with E-state index in [9.17, 15) is 14.3 Å². The number of aromatic carboxylic acids is 1. The minimum absolute atomic E-state index is 0.0852. The summed E-state index contributed by atoms with van der Waals surface area (Å²) >= 11 is 0. The number of carbonyl (C=O) groups is 1. The lowest BCUT2D eigenvalue weighted by molar-refractivity contribution is 0.0693. The van der Waals surface area contributed by atoms with Crippen LogP contribution in [0.3, 0.4) is 0 Å². The molecule has 0 bridgehead atoms. The number of methoxy groups -OCH3 is 1. The van der Waals surface area contributed by atoms with Gasteiger partial charge >= 0.3 is 5.97 Å². The molecule has 5 nitrogen and oxygen atoms in total. The Bertz CT molecular complexity index is 898. The molecule has 1 aromatic heterocycles. The predicted molar refractivity (Wildman–Crippen MR) is 84.9 cm³/mol. The molecule has 0 amide bonds. The van der Waals surface area contributed by atoms with E-state index in [4.69, 9.17) is 4.74 Å². The highest BCUT2D eigenvalue weighted by molar-refractivity contribution is 6.00. The second-order valence-corrected chi connectivity index (χ2v) is 4.84. The Hall–Kier alpha value is -3.15. The number of rotatable bonds is 4. The smallest absolute Gasteiger partial charge is 0.339 e. The number of fused-ring (bicyclic) bond motifs is 1. The fourth-order valence-electron chi connectivity index (χ4n) is 2.33. The summed E-state index contributed by atoms with van der Waals surface area (Å²) in [7, 11) is 1.42. The zero-order chi connectivity index (χ0) is 16.4. The van der Waals surface area contributed by atoms with Gasteiger partial charge in [-0.3, -0.25) is 0 Å². The first-order valence-electron chi connectivity index (χ1n) is 6.81. The van der Waals surface area contributed by atoms with Crippen molar-refractivity contribution in [2.45, 2.75) is 0 Å². The highest BCUT2D eigenvalue weighted by Crippen LogP contribution is 2.29. The van der Waals surface area contributed by atoms with E-state index in [1.807, 2.05) is 0 Å². The normalized spacial score (nSPS) is 11.2. The van der Waals surface area contributed by atoms with Crippen molar-refractivity contribution in [1.82, 2.24) is 9.78 Å². The van der Waals surface area contributed by atoms with Gasteiger partial charge in [0.1, 0.15) is 17.1 Å². The molecule has 23 heavy (non-hydrogen) atoms. The van der Waals surface area contributed by atoms with Crippen LogP contribution < -0.4 is 4.74 Å². The molecule has 0 spiro atoms. The summed E-state index contributed by atoms with van der Waals surface area (Å²) in [6.07, 6.45) is 5.05. The number of hydrogen-bond donors (Lipinski definition) is 1. The lowest BCUT2D eigenvalue weighted by Gasteiger charge is -2.06. The van der Waals surface area contributed by atoms with Crippen LogP contribution in [0.4, 0.5) is 4.39 Å². The molecular formula is C17H13FN2O3. The van der Waals surface area contributed by atoms with E-state index in [2.05, 4.69) is 5.10 Å². The topological polar surface area (TPSA) is 64.3 Å². The molecule has 0 aliphatic heterocycles. The molecule has 1 heterocycles. The Labute approximate surface area is 131 Å². The van der Waals surface area contributed by atoms with Crippen molar-refractivity contribution in [1.29, 1.82) is 0 Å². The van der Waals surface area contributed by atoms with E-state index < -0.39 is 5.97 Å². The van der Waals surface area contributed by atoms with Gasteiger partial charge in [-0.2, -0.15) is 5.10 Å². The number of halogens is 1. The molecule has 116 valence electrons. The van der Waals surface area contributed by atoms with Crippen molar-refractivity contribution in [3.8, 4) is 5.75 Å². The number of carboxylic acid groups (broad SMARTS) is 1. The first-order chi connectivity index (χ1) is 11.1. The largest absolute Gasteiger partial charge is 0.495 e.